The number of rotatable bonds is 4. The van der Waals surface area contributed by atoms with Crippen molar-refractivity contribution in [2.24, 2.45) is 17.8 Å². The number of benzene rings is 1. The van der Waals surface area contributed by atoms with Crippen LogP contribution in [0.1, 0.15) is 25.3 Å². The van der Waals surface area contributed by atoms with Crippen molar-refractivity contribution in [3.05, 3.63) is 33.8 Å². The van der Waals surface area contributed by atoms with Crippen molar-refractivity contribution in [3.63, 3.8) is 0 Å². The van der Waals surface area contributed by atoms with E-state index in [9.17, 15) is 4.79 Å². The highest BCUT2D eigenvalue weighted by Crippen LogP contribution is 2.29. The van der Waals surface area contributed by atoms with Gasteiger partial charge < -0.3 is 10.2 Å². The molecule has 3 nitrogen and oxygen atoms in total. The second-order valence-corrected chi connectivity index (χ2v) is 7.76. The fraction of sp³-hybridized carbons (Fsp3) is 0.611. The van der Waals surface area contributed by atoms with Gasteiger partial charge in [-0.15, -0.1) is 12.4 Å². The first kappa shape index (κ1) is 19.8. The number of halogens is 3. The molecule has 2 saturated heterocycles. The maximum absolute atomic E-state index is 12.6. The van der Waals surface area contributed by atoms with Gasteiger partial charge >= 0.3 is 0 Å². The van der Waals surface area contributed by atoms with Crippen molar-refractivity contribution < 1.29 is 4.79 Å². The number of carbonyl (C=O) groups excluding carboxylic acids is 1. The lowest BCUT2D eigenvalue weighted by atomic mass is 9.86. The number of piperidine rings is 1. The van der Waals surface area contributed by atoms with Gasteiger partial charge in [-0.1, -0.05) is 30.1 Å². The molecule has 0 bridgehead atoms. The van der Waals surface area contributed by atoms with E-state index in [1.807, 2.05) is 18.2 Å². The summed E-state index contributed by atoms with van der Waals surface area (Å²) in [5.74, 6) is 1.58. The van der Waals surface area contributed by atoms with Crippen LogP contribution in [0.4, 0.5) is 0 Å². The number of hydrogen-bond donors (Lipinski definition) is 1. The van der Waals surface area contributed by atoms with Crippen LogP contribution in [0.2, 0.25) is 10.0 Å². The second-order valence-electron chi connectivity index (χ2n) is 6.92. The lowest BCUT2D eigenvalue weighted by Crippen LogP contribution is -2.51. The summed E-state index contributed by atoms with van der Waals surface area (Å²) in [5.41, 5.74) is 1.12. The Morgan fingerprint density at radius 1 is 1.29 bits per heavy atom. The van der Waals surface area contributed by atoms with Gasteiger partial charge in [0.25, 0.3) is 0 Å². The van der Waals surface area contributed by atoms with Gasteiger partial charge in [-0.3, -0.25) is 4.79 Å². The largest absolute Gasteiger partial charge is 0.342 e. The molecule has 0 spiro atoms. The summed E-state index contributed by atoms with van der Waals surface area (Å²) >= 11 is 12.3. The molecule has 1 unspecified atom stereocenters. The molecule has 2 heterocycles. The van der Waals surface area contributed by atoms with E-state index in [0.29, 0.717) is 17.7 Å². The molecule has 0 radical (unpaired) electrons. The molecule has 134 valence electrons. The highest BCUT2D eigenvalue weighted by Gasteiger charge is 2.33. The van der Waals surface area contributed by atoms with Crippen molar-refractivity contribution in [1.29, 1.82) is 0 Å². The summed E-state index contributed by atoms with van der Waals surface area (Å²) in [6.07, 6.45) is 3.04. The summed E-state index contributed by atoms with van der Waals surface area (Å²) < 4.78 is 0. The van der Waals surface area contributed by atoms with Gasteiger partial charge in [0.2, 0.25) is 5.91 Å². The maximum atomic E-state index is 12.6. The first-order valence-electron chi connectivity index (χ1n) is 8.48. The van der Waals surface area contributed by atoms with Gasteiger partial charge in [-0.05, 0) is 68.0 Å². The Labute approximate surface area is 160 Å². The molecule has 6 heteroatoms. The van der Waals surface area contributed by atoms with Crippen LogP contribution in [0.15, 0.2) is 18.2 Å². The molecule has 1 aromatic rings. The average molecular weight is 392 g/mol. The Balaban J connectivity index is 0.00000208. The molecule has 1 amide bonds. The van der Waals surface area contributed by atoms with E-state index in [1.54, 1.807) is 0 Å². The summed E-state index contributed by atoms with van der Waals surface area (Å²) in [5, 5.41) is 4.78. The van der Waals surface area contributed by atoms with E-state index in [1.165, 1.54) is 0 Å². The van der Waals surface area contributed by atoms with Crippen LogP contribution in [0.25, 0.3) is 0 Å². The summed E-state index contributed by atoms with van der Waals surface area (Å²) in [7, 11) is 0. The third kappa shape index (κ3) is 4.57. The first-order valence-corrected chi connectivity index (χ1v) is 9.23. The molecule has 2 fully saturated rings. The minimum atomic E-state index is 0. The second kappa shape index (κ2) is 8.75. The van der Waals surface area contributed by atoms with Crippen LogP contribution in [-0.2, 0) is 11.2 Å². The monoisotopic (exact) mass is 390 g/mol. The maximum Gasteiger partial charge on any atom is 0.225 e. The number of nitrogens with one attached hydrogen (secondary N) is 1. The van der Waals surface area contributed by atoms with E-state index in [2.05, 4.69) is 17.1 Å². The lowest BCUT2D eigenvalue weighted by molar-refractivity contribution is -0.138. The average Bonchev–Trinajstić information content (AvgIpc) is 2.49. The van der Waals surface area contributed by atoms with Gasteiger partial charge in [0.05, 0.1) is 0 Å². The molecule has 1 aromatic carbocycles. The zero-order valence-corrected chi connectivity index (χ0v) is 16.3. The smallest absolute Gasteiger partial charge is 0.225 e. The molecular formula is C18H25Cl3N2O. The Bertz CT molecular complexity index is 569. The van der Waals surface area contributed by atoms with Crippen LogP contribution < -0.4 is 5.32 Å². The Morgan fingerprint density at radius 3 is 2.54 bits per heavy atom. The van der Waals surface area contributed by atoms with E-state index in [0.717, 1.165) is 61.1 Å². The zero-order valence-electron chi connectivity index (χ0n) is 13.9. The van der Waals surface area contributed by atoms with Crippen LogP contribution >= 0.6 is 35.6 Å². The molecule has 0 aliphatic carbocycles. The number of hydrogen-bond acceptors (Lipinski definition) is 2. The zero-order chi connectivity index (χ0) is 16.4. The third-order valence-electron chi connectivity index (χ3n) is 5.35. The van der Waals surface area contributed by atoms with Gasteiger partial charge in [0, 0.05) is 29.1 Å². The molecular weight excluding hydrogens is 367 g/mol. The first-order chi connectivity index (χ1) is 11.0. The van der Waals surface area contributed by atoms with Crippen molar-refractivity contribution in [2.75, 3.05) is 26.2 Å². The van der Waals surface area contributed by atoms with Crippen molar-refractivity contribution in [1.82, 2.24) is 10.2 Å². The Kier molecular flexibility index (Phi) is 7.23. The Morgan fingerprint density at radius 2 is 1.96 bits per heavy atom. The molecule has 0 saturated carbocycles. The molecule has 2 aliphatic heterocycles. The van der Waals surface area contributed by atoms with Gasteiger partial charge in [0.15, 0.2) is 0 Å². The van der Waals surface area contributed by atoms with E-state index in [-0.39, 0.29) is 18.3 Å². The van der Waals surface area contributed by atoms with Gasteiger partial charge in [0.1, 0.15) is 0 Å². The van der Waals surface area contributed by atoms with E-state index in [4.69, 9.17) is 23.2 Å². The highest BCUT2D eigenvalue weighted by atomic mass is 35.5. The van der Waals surface area contributed by atoms with Gasteiger partial charge in [-0.2, -0.15) is 0 Å². The number of nitrogens with zero attached hydrogens (tertiary/aromatic N) is 1. The predicted octanol–water partition coefficient (Wildman–Crippen LogP) is 4.05. The quantitative estimate of drug-likeness (QED) is 0.839. The number of amides is 1. The van der Waals surface area contributed by atoms with E-state index < -0.39 is 0 Å². The highest BCUT2D eigenvalue weighted by molar-refractivity contribution is 6.33. The topological polar surface area (TPSA) is 32.3 Å². The summed E-state index contributed by atoms with van der Waals surface area (Å²) in [6, 6.07) is 5.66. The Hall–Kier alpha value is -0.480. The van der Waals surface area contributed by atoms with Crippen LogP contribution in [0, 0.1) is 17.8 Å². The van der Waals surface area contributed by atoms with E-state index >= 15 is 0 Å². The summed E-state index contributed by atoms with van der Waals surface area (Å²) in [4.78, 5) is 14.6. The fourth-order valence-electron chi connectivity index (χ4n) is 3.52. The molecule has 3 rings (SSSR count). The van der Waals surface area contributed by atoms with Crippen LogP contribution in [0.5, 0.6) is 0 Å². The normalized spacial score (nSPS) is 20.2. The molecule has 0 aromatic heterocycles. The molecule has 24 heavy (non-hydrogen) atoms. The SMILES string of the molecule is CC(C(=O)N1CCC(Cc2cc(Cl)ccc2Cl)CC1)C1CNC1.Cl. The molecule has 2 aliphatic rings. The van der Waals surface area contributed by atoms with Crippen molar-refractivity contribution >= 4 is 41.5 Å². The molecule has 1 atom stereocenters. The van der Waals surface area contributed by atoms with Crippen LogP contribution in [-0.4, -0.2) is 37.0 Å². The van der Waals surface area contributed by atoms with Crippen molar-refractivity contribution in [2.45, 2.75) is 26.2 Å². The minimum absolute atomic E-state index is 0. The lowest BCUT2D eigenvalue weighted by Gasteiger charge is -2.38. The summed E-state index contributed by atoms with van der Waals surface area (Å²) in [6.45, 7) is 5.78. The fourth-order valence-corrected chi connectivity index (χ4v) is 3.91. The standard InChI is InChI=1S/C18H24Cl2N2O.ClH/c1-12(15-10-21-11-15)18(23)22-6-4-13(5-7-22)8-14-9-16(19)2-3-17(14)20;/h2-3,9,12-13,15,21H,4-8,10-11H2,1H3;1H. The predicted molar refractivity (Wildman–Crippen MR) is 102 cm³/mol. The third-order valence-corrected chi connectivity index (χ3v) is 5.96. The minimum Gasteiger partial charge on any atom is -0.342 e. The van der Waals surface area contributed by atoms with Gasteiger partial charge in [-0.25, -0.2) is 0 Å². The number of carbonyl (C=O) groups is 1. The van der Waals surface area contributed by atoms with Crippen molar-refractivity contribution in [3.8, 4) is 0 Å². The number of likely N-dealkylation sites (tertiary alicyclic amines) is 1. The molecule has 1 N–H and O–H groups in total. The van der Waals surface area contributed by atoms with Crippen LogP contribution in [0.3, 0.4) is 0 Å².